The van der Waals surface area contributed by atoms with Crippen molar-refractivity contribution in [2.45, 2.75) is 6.92 Å². The van der Waals surface area contributed by atoms with Gasteiger partial charge in [0.1, 0.15) is 16.2 Å². The highest BCUT2D eigenvalue weighted by Crippen LogP contribution is 2.42. The molecule has 1 aromatic carbocycles. The Morgan fingerprint density at radius 1 is 0.970 bits per heavy atom. The first-order chi connectivity index (χ1) is 16.1. The van der Waals surface area contributed by atoms with E-state index in [-0.39, 0.29) is 0 Å². The second-order valence-corrected chi connectivity index (χ2v) is 8.94. The molecule has 0 bridgehead atoms. The van der Waals surface area contributed by atoms with Crippen molar-refractivity contribution in [3.8, 4) is 43.7 Å². The van der Waals surface area contributed by atoms with Crippen LogP contribution in [-0.4, -0.2) is 39.1 Å². The zero-order valence-corrected chi connectivity index (χ0v) is 19.2. The SMILES string of the molecule is Cc1nn2ccc(-c3cnn(C)c3)cc2c1-c1nc(-c2ccccc2)c(-c2nncn2C)s1. The molecule has 0 N–H and O–H groups in total. The minimum Gasteiger partial charge on any atom is -0.316 e. The molecule has 0 radical (unpaired) electrons. The Kier molecular flexibility index (Phi) is 4.44. The molecule has 0 unspecified atom stereocenters. The average molecular weight is 453 g/mol. The van der Waals surface area contributed by atoms with Gasteiger partial charge in [-0.1, -0.05) is 30.3 Å². The number of nitrogens with zero attached hydrogens (tertiary/aromatic N) is 8. The summed E-state index contributed by atoms with van der Waals surface area (Å²) < 4.78 is 5.64. The van der Waals surface area contributed by atoms with Crippen molar-refractivity contribution in [2.24, 2.45) is 14.1 Å². The maximum atomic E-state index is 5.11. The number of aromatic nitrogens is 8. The van der Waals surface area contributed by atoms with Gasteiger partial charge in [0.15, 0.2) is 5.82 Å². The second-order valence-electron chi connectivity index (χ2n) is 7.94. The zero-order valence-electron chi connectivity index (χ0n) is 18.3. The van der Waals surface area contributed by atoms with Crippen LogP contribution < -0.4 is 0 Å². The van der Waals surface area contributed by atoms with Crippen LogP contribution in [0.3, 0.4) is 0 Å². The molecule has 6 aromatic rings. The number of benzene rings is 1. The number of fused-ring (bicyclic) bond motifs is 1. The van der Waals surface area contributed by atoms with E-state index in [1.807, 2.05) is 71.6 Å². The van der Waals surface area contributed by atoms with Gasteiger partial charge in [0.2, 0.25) is 0 Å². The summed E-state index contributed by atoms with van der Waals surface area (Å²) in [5.74, 6) is 0.794. The molecule has 0 amide bonds. The predicted octanol–water partition coefficient (Wildman–Crippen LogP) is 4.63. The van der Waals surface area contributed by atoms with Crippen LogP contribution >= 0.6 is 11.3 Å². The summed E-state index contributed by atoms with van der Waals surface area (Å²) in [7, 11) is 3.87. The maximum absolute atomic E-state index is 5.11. The van der Waals surface area contributed by atoms with Gasteiger partial charge in [-0.05, 0) is 24.6 Å². The van der Waals surface area contributed by atoms with Crippen LogP contribution in [0.2, 0.25) is 0 Å². The van der Waals surface area contributed by atoms with Crippen LogP contribution in [0.4, 0.5) is 0 Å². The van der Waals surface area contributed by atoms with E-state index in [4.69, 9.17) is 10.1 Å². The lowest BCUT2D eigenvalue weighted by Crippen LogP contribution is -1.91. The van der Waals surface area contributed by atoms with Gasteiger partial charge in [0.25, 0.3) is 0 Å². The van der Waals surface area contributed by atoms with E-state index in [2.05, 4.69) is 39.6 Å². The normalized spacial score (nSPS) is 11.5. The Morgan fingerprint density at radius 3 is 2.55 bits per heavy atom. The van der Waals surface area contributed by atoms with Crippen molar-refractivity contribution in [3.63, 3.8) is 0 Å². The van der Waals surface area contributed by atoms with Gasteiger partial charge in [-0.25, -0.2) is 9.50 Å². The first kappa shape index (κ1) is 19.6. The van der Waals surface area contributed by atoms with E-state index in [1.54, 1.807) is 17.7 Å². The largest absolute Gasteiger partial charge is 0.316 e. The Labute approximate surface area is 193 Å². The molecule has 0 spiro atoms. The molecule has 162 valence electrons. The Balaban J connectivity index is 1.58. The molecule has 0 saturated heterocycles. The number of rotatable bonds is 4. The van der Waals surface area contributed by atoms with Crippen molar-refractivity contribution in [1.29, 1.82) is 0 Å². The fourth-order valence-corrected chi connectivity index (χ4v) is 5.26. The van der Waals surface area contributed by atoms with Crippen molar-refractivity contribution in [1.82, 2.24) is 39.1 Å². The van der Waals surface area contributed by atoms with Crippen LogP contribution in [0.5, 0.6) is 0 Å². The highest BCUT2D eigenvalue weighted by atomic mass is 32.1. The number of thiazole rings is 1. The van der Waals surface area contributed by atoms with Crippen LogP contribution in [0.1, 0.15) is 5.69 Å². The Hall–Kier alpha value is -4.11. The molecule has 0 fully saturated rings. The highest BCUT2D eigenvalue weighted by molar-refractivity contribution is 7.19. The van der Waals surface area contributed by atoms with Gasteiger partial charge < -0.3 is 4.57 Å². The van der Waals surface area contributed by atoms with Crippen LogP contribution in [0.25, 0.3) is 49.2 Å². The summed E-state index contributed by atoms with van der Waals surface area (Å²) >= 11 is 1.61. The molecule has 5 aromatic heterocycles. The lowest BCUT2D eigenvalue weighted by atomic mass is 10.1. The van der Waals surface area contributed by atoms with Gasteiger partial charge in [-0.2, -0.15) is 10.2 Å². The summed E-state index contributed by atoms with van der Waals surface area (Å²) in [5, 5.41) is 18.4. The number of hydrogen-bond donors (Lipinski definition) is 0. The summed E-state index contributed by atoms with van der Waals surface area (Å²) in [4.78, 5) is 6.09. The van der Waals surface area contributed by atoms with Gasteiger partial charge in [0, 0.05) is 37.6 Å². The second kappa shape index (κ2) is 7.49. The van der Waals surface area contributed by atoms with Gasteiger partial charge in [-0.15, -0.1) is 21.5 Å². The summed E-state index contributed by atoms with van der Waals surface area (Å²) in [6.45, 7) is 2.03. The van der Waals surface area contributed by atoms with E-state index in [1.165, 1.54) is 0 Å². The fraction of sp³-hybridized carbons (Fsp3) is 0.125. The molecule has 9 heteroatoms. The third kappa shape index (κ3) is 3.25. The summed E-state index contributed by atoms with van der Waals surface area (Å²) in [6, 6.07) is 14.4. The monoisotopic (exact) mass is 452 g/mol. The molecular formula is C24H20N8S. The highest BCUT2D eigenvalue weighted by Gasteiger charge is 2.23. The fourth-order valence-electron chi connectivity index (χ4n) is 4.04. The number of pyridine rings is 1. The lowest BCUT2D eigenvalue weighted by molar-refractivity contribution is 0.768. The molecule has 6 rings (SSSR count). The minimum absolute atomic E-state index is 0.794. The van der Waals surface area contributed by atoms with Crippen LogP contribution in [0.15, 0.2) is 67.4 Å². The van der Waals surface area contributed by atoms with Crippen molar-refractivity contribution in [2.75, 3.05) is 0 Å². The quantitative estimate of drug-likeness (QED) is 0.390. The van der Waals surface area contributed by atoms with E-state index in [0.717, 1.165) is 54.9 Å². The molecule has 0 atom stereocenters. The summed E-state index contributed by atoms with van der Waals surface area (Å²) in [5.41, 5.74) is 7.05. The molecular weight excluding hydrogens is 432 g/mol. The van der Waals surface area contributed by atoms with Crippen molar-refractivity contribution in [3.05, 3.63) is 73.1 Å². The Morgan fingerprint density at radius 2 is 1.82 bits per heavy atom. The van der Waals surface area contributed by atoms with Gasteiger partial charge >= 0.3 is 0 Å². The molecule has 33 heavy (non-hydrogen) atoms. The minimum atomic E-state index is 0.794. The first-order valence-corrected chi connectivity index (χ1v) is 11.3. The van der Waals surface area contributed by atoms with Crippen molar-refractivity contribution >= 4 is 16.9 Å². The van der Waals surface area contributed by atoms with Crippen LogP contribution in [0, 0.1) is 6.92 Å². The van der Waals surface area contributed by atoms with E-state index in [9.17, 15) is 0 Å². The van der Waals surface area contributed by atoms with Crippen LogP contribution in [-0.2, 0) is 14.1 Å². The van der Waals surface area contributed by atoms with Crippen molar-refractivity contribution < 1.29 is 0 Å². The maximum Gasteiger partial charge on any atom is 0.175 e. The van der Waals surface area contributed by atoms with Gasteiger partial charge in [0.05, 0.1) is 28.7 Å². The lowest BCUT2D eigenvalue weighted by Gasteiger charge is -2.01. The third-order valence-corrected chi connectivity index (χ3v) is 6.72. The topological polar surface area (TPSA) is 78.7 Å². The molecule has 0 aliphatic rings. The first-order valence-electron chi connectivity index (χ1n) is 10.5. The molecule has 8 nitrogen and oxygen atoms in total. The van der Waals surface area contributed by atoms with Gasteiger partial charge in [-0.3, -0.25) is 4.68 Å². The zero-order chi connectivity index (χ0) is 22.5. The standard InChI is InChI=1S/C24H20N8S/c1-15-20(19-11-17(9-10-32(19)29-15)18-12-26-31(3)13-18)24-27-21(16-7-5-4-6-8-16)22(33-24)23-28-25-14-30(23)2/h4-14H,1-3H3. The molecule has 0 aliphatic carbocycles. The number of aryl methyl sites for hydroxylation is 3. The molecule has 0 aliphatic heterocycles. The molecule has 5 heterocycles. The predicted molar refractivity (Wildman–Crippen MR) is 129 cm³/mol. The van der Waals surface area contributed by atoms with E-state index < -0.39 is 0 Å². The Bertz CT molecular complexity index is 1600. The summed E-state index contributed by atoms with van der Waals surface area (Å²) in [6.07, 6.45) is 7.59. The third-order valence-electron chi connectivity index (χ3n) is 5.65. The van der Waals surface area contributed by atoms with E-state index in [0.29, 0.717) is 0 Å². The molecule has 0 saturated carbocycles. The average Bonchev–Trinajstić information content (AvgIpc) is 3.59. The smallest absolute Gasteiger partial charge is 0.175 e. The van der Waals surface area contributed by atoms with E-state index >= 15 is 0 Å². The number of hydrogen-bond acceptors (Lipinski definition) is 6.